The second-order valence-electron chi connectivity index (χ2n) is 7.85. The topological polar surface area (TPSA) is 84.8 Å². The van der Waals surface area contributed by atoms with Crippen LogP contribution in [0, 0.1) is 0 Å². The van der Waals surface area contributed by atoms with Crippen molar-refractivity contribution in [1.82, 2.24) is 20.0 Å². The quantitative estimate of drug-likeness (QED) is 0.545. The molecule has 0 spiro atoms. The summed E-state index contributed by atoms with van der Waals surface area (Å²) in [5.74, 6) is 1.04. The van der Waals surface area contributed by atoms with Crippen LogP contribution in [0.25, 0.3) is 16.6 Å². The molecule has 0 radical (unpaired) electrons. The number of anilines is 1. The molecule has 1 amide bonds. The van der Waals surface area contributed by atoms with Crippen LogP contribution in [0.1, 0.15) is 37.0 Å². The summed E-state index contributed by atoms with van der Waals surface area (Å²) < 4.78 is 6.97. The van der Waals surface area contributed by atoms with Crippen molar-refractivity contribution in [2.45, 2.75) is 26.2 Å². The van der Waals surface area contributed by atoms with Crippen LogP contribution >= 0.6 is 0 Å². The Balaban J connectivity index is 1.73. The Morgan fingerprint density at radius 2 is 1.83 bits per heavy atom. The third-order valence-corrected chi connectivity index (χ3v) is 4.72. The number of hydrogen-bond donors (Lipinski definition) is 2. The molecule has 0 fully saturated rings. The predicted octanol–water partition coefficient (Wildman–Crippen LogP) is 4.31. The third kappa shape index (κ3) is 3.59. The normalized spacial score (nSPS) is 11.6. The van der Waals surface area contributed by atoms with Crippen molar-refractivity contribution in [2.75, 3.05) is 12.4 Å². The molecule has 0 aliphatic carbocycles. The van der Waals surface area contributed by atoms with Crippen LogP contribution in [-0.2, 0) is 5.41 Å². The van der Waals surface area contributed by atoms with Crippen molar-refractivity contribution in [3.05, 3.63) is 66.0 Å². The fourth-order valence-corrected chi connectivity index (χ4v) is 3.07. The number of hydrogen-bond acceptors (Lipinski definition) is 4. The molecule has 2 aromatic heterocycles. The molecular formula is C22H23N5O2. The summed E-state index contributed by atoms with van der Waals surface area (Å²) in [6.07, 6.45) is 0. The van der Waals surface area contributed by atoms with Gasteiger partial charge in [0.2, 0.25) is 0 Å². The van der Waals surface area contributed by atoms with Gasteiger partial charge in [0.1, 0.15) is 11.6 Å². The maximum atomic E-state index is 13.0. The van der Waals surface area contributed by atoms with Gasteiger partial charge in [0.25, 0.3) is 5.91 Å². The first-order chi connectivity index (χ1) is 13.9. The number of aromatic amines is 1. The molecule has 0 saturated heterocycles. The number of rotatable bonds is 4. The fraction of sp³-hybridized carbons (Fsp3) is 0.227. The first-order valence-corrected chi connectivity index (χ1v) is 9.36. The molecule has 7 heteroatoms. The zero-order valence-corrected chi connectivity index (χ0v) is 16.9. The minimum atomic E-state index is -0.294. The van der Waals surface area contributed by atoms with E-state index in [2.05, 4.69) is 36.3 Å². The van der Waals surface area contributed by atoms with E-state index < -0.39 is 0 Å². The van der Waals surface area contributed by atoms with Gasteiger partial charge < -0.3 is 10.1 Å². The molecule has 148 valence electrons. The summed E-state index contributed by atoms with van der Waals surface area (Å²) in [5, 5.41) is 15.6. The van der Waals surface area contributed by atoms with Gasteiger partial charge in [0.05, 0.1) is 24.0 Å². The van der Waals surface area contributed by atoms with Crippen molar-refractivity contribution in [2.24, 2.45) is 0 Å². The average molecular weight is 389 g/mol. The maximum Gasteiger partial charge on any atom is 0.277 e. The molecule has 0 saturated carbocycles. The summed E-state index contributed by atoms with van der Waals surface area (Å²) in [4.78, 5) is 13.0. The Kier molecular flexibility index (Phi) is 4.58. The van der Waals surface area contributed by atoms with Gasteiger partial charge in [-0.3, -0.25) is 9.89 Å². The second-order valence-corrected chi connectivity index (χ2v) is 7.85. The van der Waals surface area contributed by atoms with Crippen molar-refractivity contribution in [3.63, 3.8) is 0 Å². The van der Waals surface area contributed by atoms with Gasteiger partial charge >= 0.3 is 0 Å². The van der Waals surface area contributed by atoms with Crippen LogP contribution in [0.5, 0.6) is 5.75 Å². The SMILES string of the molecule is COc1ccc(-n2nc(C(C)(C)C)cc2NC(=O)c2n[nH]c3ccccc23)cc1. The summed E-state index contributed by atoms with van der Waals surface area (Å²) in [7, 11) is 1.63. The summed E-state index contributed by atoms with van der Waals surface area (Å²) >= 11 is 0. The summed E-state index contributed by atoms with van der Waals surface area (Å²) in [6.45, 7) is 6.25. The second kappa shape index (κ2) is 7.09. The van der Waals surface area contributed by atoms with Crippen molar-refractivity contribution >= 4 is 22.6 Å². The zero-order chi connectivity index (χ0) is 20.6. The smallest absolute Gasteiger partial charge is 0.277 e. The molecule has 4 rings (SSSR count). The third-order valence-electron chi connectivity index (χ3n) is 4.72. The number of amides is 1. The number of carbonyl (C=O) groups excluding carboxylic acids is 1. The minimum absolute atomic E-state index is 0.170. The highest BCUT2D eigenvalue weighted by Crippen LogP contribution is 2.27. The Morgan fingerprint density at radius 3 is 2.52 bits per heavy atom. The number of nitrogens with one attached hydrogen (secondary N) is 2. The van der Waals surface area contributed by atoms with E-state index in [1.165, 1.54) is 0 Å². The fourth-order valence-electron chi connectivity index (χ4n) is 3.07. The summed E-state index contributed by atoms with van der Waals surface area (Å²) in [6, 6.07) is 17.0. The van der Waals surface area contributed by atoms with Crippen LogP contribution in [0.3, 0.4) is 0 Å². The molecular weight excluding hydrogens is 366 g/mol. The van der Waals surface area contributed by atoms with E-state index in [0.29, 0.717) is 11.5 Å². The van der Waals surface area contributed by atoms with E-state index in [1.807, 2.05) is 54.6 Å². The van der Waals surface area contributed by atoms with Gasteiger partial charge in [-0.2, -0.15) is 10.2 Å². The first kappa shape index (κ1) is 18.7. The lowest BCUT2D eigenvalue weighted by Crippen LogP contribution is -2.16. The average Bonchev–Trinajstić information content (AvgIpc) is 3.32. The lowest BCUT2D eigenvalue weighted by atomic mass is 9.92. The lowest BCUT2D eigenvalue weighted by molar-refractivity contribution is 0.102. The van der Waals surface area contributed by atoms with E-state index in [4.69, 9.17) is 9.84 Å². The molecule has 0 aliphatic rings. The van der Waals surface area contributed by atoms with Gasteiger partial charge in [-0.1, -0.05) is 39.0 Å². The molecule has 2 aromatic carbocycles. The lowest BCUT2D eigenvalue weighted by Gasteiger charge is -2.14. The van der Waals surface area contributed by atoms with Gasteiger partial charge in [-0.15, -0.1) is 0 Å². The molecule has 0 unspecified atom stereocenters. The first-order valence-electron chi connectivity index (χ1n) is 9.36. The molecule has 0 aliphatic heterocycles. The molecule has 0 atom stereocenters. The van der Waals surface area contributed by atoms with E-state index in [0.717, 1.165) is 28.0 Å². The van der Waals surface area contributed by atoms with Crippen LogP contribution in [-0.4, -0.2) is 33.0 Å². The number of methoxy groups -OCH3 is 1. The molecule has 0 bridgehead atoms. The standard InChI is InChI=1S/C22H23N5O2/c1-22(2,3)18-13-19(27(26-18)14-9-11-15(29-4)12-10-14)23-21(28)20-16-7-5-6-8-17(16)24-25-20/h5-13H,1-4H3,(H,23,28)(H,24,25). The predicted molar refractivity (Wildman–Crippen MR) is 113 cm³/mol. The molecule has 4 aromatic rings. The van der Waals surface area contributed by atoms with Gasteiger partial charge in [-0.05, 0) is 30.3 Å². The Morgan fingerprint density at radius 1 is 1.10 bits per heavy atom. The number of benzene rings is 2. The van der Waals surface area contributed by atoms with Crippen LogP contribution in [0.2, 0.25) is 0 Å². The Hall–Kier alpha value is -3.61. The zero-order valence-electron chi connectivity index (χ0n) is 16.9. The van der Waals surface area contributed by atoms with Crippen molar-refractivity contribution in [1.29, 1.82) is 0 Å². The van der Waals surface area contributed by atoms with Gasteiger partial charge in [0, 0.05) is 16.9 Å². The molecule has 2 heterocycles. The van der Waals surface area contributed by atoms with Crippen LogP contribution in [0.4, 0.5) is 5.82 Å². The number of ether oxygens (including phenoxy) is 1. The minimum Gasteiger partial charge on any atom is -0.497 e. The Labute approximate surface area is 168 Å². The Bertz CT molecular complexity index is 1170. The van der Waals surface area contributed by atoms with E-state index in [1.54, 1.807) is 11.8 Å². The highest BCUT2D eigenvalue weighted by molar-refractivity contribution is 6.10. The van der Waals surface area contributed by atoms with Crippen molar-refractivity contribution in [3.8, 4) is 11.4 Å². The number of aromatic nitrogens is 4. The van der Waals surface area contributed by atoms with E-state index >= 15 is 0 Å². The molecule has 2 N–H and O–H groups in total. The molecule has 29 heavy (non-hydrogen) atoms. The van der Waals surface area contributed by atoms with Crippen LogP contribution in [0.15, 0.2) is 54.6 Å². The largest absolute Gasteiger partial charge is 0.497 e. The maximum absolute atomic E-state index is 13.0. The number of nitrogens with zero attached hydrogens (tertiary/aromatic N) is 3. The van der Waals surface area contributed by atoms with E-state index in [9.17, 15) is 4.79 Å². The number of fused-ring (bicyclic) bond motifs is 1. The number of H-pyrrole nitrogens is 1. The van der Waals surface area contributed by atoms with E-state index in [-0.39, 0.29) is 11.3 Å². The number of carbonyl (C=O) groups is 1. The monoisotopic (exact) mass is 389 g/mol. The van der Waals surface area contributed by atoms with Gasteiger partial charge in [0.15, 0.2) is 5.69 Å². The highest BCUT2D eigenvalue weighted by Gasteiger charge is 2.23. The molecule has 7 nitrogen and oxygen atoms in total. The van der Waals surface area contributed by atoms with Gasteiger partial charge in [-0.25, -0.2) is 4.68 Å². The summed E-state index contributed by atoms with van der Waals surface area (Å²) in [5.41, 5.74) is 2.69. The number of para-hydroxylation sites is 1. The van der Waals surface area contributed by atoms with Crippen LogP contribution < -0.4 is 10.1 Å². The highest BCUT2D eigenvalue weighted by atomic mass is 16.5. The van der Waals surface area contributed by atoms with Crippen molar-refractivity contribution < 1.29 is 9.53 Å².